The molecule has 18 heavy (non-hydrogen) atoms. The fourth-order valence-electron chi connectivity index (χ4n) is 1.88. The summed E-state index contributed by atoms with van der Waals surface area (Å²) in [5.41, 5.74) is 2.18. The number of benzene rings is 2. The van der Waals surface area contributed by atoms with Crippen LogP contribution in [0.4, 0.5) is 0 Å². The maximum Gasteiger partial charge on any atom is 0.144 e. The summed E-state index contributed by atoms with van der Waals surface area (Å²) in [6.45, 7) is 1.98. The van der Waals surface area contributed by atoms with Crippen LogP contribution in [-0.4, -0.2) is 5.78 Å². The lowest BCUT2D eigenvalue weighted by Gasteiger charge is -2.10. The zero-order chi connectivity index (χ0) is 13.0. The van der Waals surface area contributed by atoms with Gasteiger partial charge in [0.1, 0.15) is 5.78 Å². The summed E-state index contributed by atoms with van der Waals surface area (Å²) < 4.78 is 1.19. The second kappa shape index (κ2) is 6.14. The number of carbonyl (C=O) groups excluding carboxylic acids is 1. The molecular formula is C16H15IO. The van der Waals surface area contributed by atoms with Crippen LogP contribution in [0.2, 0.25) is 0 Å². The van der Waals surface area contributed by atoms with Gasteiger partial charge in [0.05, 0.1) is 0 Å². The third-order valence-corrected chi connectivity index (χ3v) is 3.79. The van der Waals surface area contributed by atoms with E-state index in [9.17, 15) is 4.79 Å². The average Bonchev–Trinajstić information content (AvgIpc) is 2.41. The van der Waals surface area contributed by atoms with Crippen molar-refractivity contribution in [2.45, 2.75) is 19.3 Å². The van der Waals surface area contributed by atoms with Crippen LogP contribution in [0.1, 0.15) is 24.0 Å². The molecule has 0 spiro atoms. The molecule has 0 radical (unpaired) electrons. The number of carbonyl (C=O) groups is 1. The van der Waals surface area contributed by atoms with Crippen LogP contribution < -0.4 is 0 Å². The Balaban J connectivity index is 2.06. The molecule has 1 nitrogen and oxygen atoms in total. The Kier molecular flexibility index (Phi) is 4.53. The summed E-state index contributed by atoms with van der Waals surface area (Å²) in [5, 5.41) is 0. The molecule has 1 unspecified atom stereocenters. The van der Waals surface area contributed by atoms with Gasteiger partial charge in [0, 0.05) is 15.9 Å². The molecule has 2 heteroatoms. The van der Waals surface area contributed by atoms with E-state index in [2.05, 4.69) is 22.6 Å². The smallest absolute Gasteiger partial charge is 0.144 e. The lowest BCUT2D eigenvalue weighted by Crippen LogP contribution is -2.11. The van der Waals surface area contributed by atoms with Crippen LogP contribution in [0.5, 0.6) is 0 Å². The van der Waals surface area contributed by atoms with Crippen molar-refractivity contribution in [2.24, 2.45) is 0 Å². The molecule has 0 amide bonds. The largest absolute Gasteiger partial charge is 0.299 e. The summed E-state index contributed by atoms with van der Waals surface area (Å²) in [7, 11) is 0. The van der Waals surface area contributed by atoms with E-state index >= 15 is 0 Å². The molecule has 2 aromatic rings. The van der Waals surface area contributed by atoms with Crippen molar-refractivity contribution in [3.63, 3.8) is 0 Å². The minimum atomic E-state index is -0.0366. The van der Waals surface area contributed by atoms with Gasteiger partial charge in [0.2, 0.25) is 0 Å². The van der Waals surface area contributed by atoms with E-state index in [0.717, 1.165) is 11.1 Å². The van der Waals surface area contributed by atoms with Gasteiger partial charge < -0.3 is 0 Å². The summed E-state index contributed by atoms with van der Waals surface area (Å²) in [5.74, 6) is 0.230. The highest BCUT2D eigenvalue weighted by atomic mass is 127. The Bertz CT molecular complexity index is 517. The standard InChI is InChI=1S/C16H15IO/c1-12(14-5-3-2-4-6-14)16(18)11-13-7-9-15(17)10-8-13/h2-10,12H,11H2,1H3. The normalized spacial score (nSPS) is 12.1. The van der Waals surface area contributed by atoms with Gasteiger partial charge in [-0.25, -0.2) is 0 Å². The fourth-order valence-corrected chi connectivity index (χ4v) is 2.24. The van der Waals surface area contributed by atoms with E-state index in [1.807, 2.05) is 61.5 Å². The SMILES string of the molecule is CC(C(=O)Cc1ccc(I)cc1)c1ccccc1. The first kappa shape index (κ1) is 13.3. The van der Waals surface area contributed by atoms with Gasteiger partial charge in [-0.1, -0.05) is 49.4 Å². The van der Waals surface area contributed by atoms with E-state index in [0.29, 0.717) is 6.42 Å². The van der Waals surface area contributed by atoms with E-state index in [-0.39, 0.29) is 11.7 Å². The predicted molar refractivity (Wildman–Crippen MR) is 82.7 cm³/mol. The monoisotopic (exact) mass is 350 g/mol. The maximum absolute atomic E-state index is 12.2. The van der Waals surface area contributed by atoms with Gasteiger partial charge in [-0.2, -0.15) is 0 Å². The van der Waals surface area contributed by atoms with Gasteiger partial charge in [0.25, 0.3) is 0 Å². The second-order valence-electron chi connectivity index (χ2n) is 4.40. The lowest BCUT2D eigenvalue weighted by atomic mass is 9.93. The van der Waals surface area contributed by atoms with Crippen molar-refractivity contribution in [2.75, 3.05) is 0 Å². The first-order valence-corrected chi connectivity index (χ1v) is 7.07. The van der Waals surface area contributed by atoms with Gasteiger partial charge in [-0.3, -0.25) is 4.79 Å². The minimum absolute atomic E-state index is 0.0366. The minimum Gasteiger partial charge on any atom is -0.299 e. The maximum atomic E-state index is 12.2. The van der Waals surface area contributed by atoms with Crippen molar-refractivity contribution < 1.29 is 4.79 Å². The van der Waals surface area contributed by atoms with Gasteiger partial charge >= 0.3 is 0 Å². The van der Waals surface area contributed by atoms with Crippen molar-refractivity contribution in [3.05, 3.63) is 69.3 Å². The molecule has 92 valence electrons. The molecule has 0 bridgehead atoms. The predicted octanol–water partition coefficient (Wildman–Crippen LogP) is 4.21. The molecule has 0 aliphatic carbocycles. The number of Topliss-reactive ketones (excluding diaryl/α,β-unsaturated/α-hetero) is 1. The summed E-state index contributed by atoms with van der Waals surface area (Å²) in [6, 6.07) is 18.1. The van der Waals surface area contributed by atoms with Gasteiger partial charge in [-0.15, -0.1) is 0 Å². The third-order valence-electron chi connectivity index (χ3n) is 3.07. The zero-order valence-corrected chi connectivity index (χ0v) is 12.4. The van der Waals surface area contributed by atoms with Crippen LogP contribution in [0.15, 0.2) is 54.6 Å². The van der Waals surface area contributed by atoms with Crippen LogP contribution in [-0.2, 0) is 11.2 Å². The molecule has 0 N–H and O–H groups in total. The van der Waals surface area contributed by atoms with Gasteiger partial charge in [0.15, 0.2) is 0 Å². The Morgan fingerprint density at radius 1 is 1.06 bits per heavy atom. The highest BCUT2D eigenvalue weighted by Gasteiger charge is 2.14. The number of hydrogen-bond acceptors (Lipinski definition) is 1. The van der Waals surface area contributed by atoms with Crippen molar-refractivity contribution in [3.8, 4) is 0 Å². The molecular weight excluding hydrogens is 335 g/mol. The quantitative estimate of drug-likeness (QED) is 0.755. The summed E-state index contributed by atoms with van der Waals surface area (Å²) in [4.78, 5) is 12.2. The average molecular weight is 350 g/mol. The first-order chi connectivity index (χ1) is 8.66. The molecule has 0 aliphatic heterocycles. The third kappa shape index (κ3) is 3.42. The molecule has 0 aliphatic rings. The van der Waals surface area contributed by atoms with E-state index in [1.54, 1.807) is 0 Å². The van der Waals surface area contributed by atoms with Crippen LogP contribution in [0.3, 0.4) is 0 Å². The van der Waals surface area contributed by atoms with E-state index in [4.69, 9.17) is 0 Å². The van der Waals surface area contributed by atoms with Crippen molar-refractivity contribution in [1.29, 1.82) is 0 Å². The lowest BCUT2D eigenvalue weighted by molar-refractivity contribution is -0.119. The molecule has 0 fully saturated rings. The summed E-state index contributed by atoms with van der Waals surface area (Å²) >= 11 is 2.27. The topological polar surface area (TPSA) is 17.1 Å². The molecule has 1 atom stereocenters. The van der Waals surface area contributed by atoms with Crippen LogP contribution in [0.25, 0.3) is 0 Å². The number of halogens is 1. The van der Waals surface area contributed by atoms with E-state index in [1.165, 1.54) is 3.57 Å². The molecule has 0 aromatic heterocycles. The molecule has 0 heterocycles. The molecule has 0 saturated carbocycles. The highest BCUT2D eigenvalue weighted by molar-refractivity contribution is 14.1. The Morgan fingerprint density at radius 2 is 1.67 bits per heavy atom. The first-order valence-electron chi connectivity index (χ1n) is 5.99. The van der Waals surface area contributed by atoms with Crippen molar-refractivity contribution >= 4 is 28.4 Å². The Labute approximate surface area is 121 Å². The molecule has 2 aromatic carbocycles. The zero-order valence-electron chi connectivity index (χ0n) is 10.3. The van der Waals surface area contributed by atoms with E-state index < -0.39 is 0 Å². The highest BCUT2D eigenvalue weighted by Crippen LogP contribution is 2.18. The number of hydrogen-bond donors (Lipinski definition) is 0. The summed E-state index contributed by atoms with van der Waals surface area (Å²) in [6.07, 6.45) is 0.507. The van der Waals surface area contributed by atoms with Crippen LogP contribution in [0, 0.1) is 3.57 Å². The fraction of sp³-hybridized carbons (Fsp3) is 0.188. The van der Waals surface area contributed by atoms with Crippen LogP contribution >= 0.6 is 22.6 Å². The Morgan fingerprint density at radius 3 is 2.28 bits per heavy atom. The van der Waals surface area contributed by atoms with Crippen molar-refractivity contribution in [1.82, 2.24) is 0 Å². The molecule has 0 saturated heterocycles. The second-order valence-corrected chi connectivity index (χ2v) is 5.65. The molecule has 2 rings (SSSR count). The number of ketones is 1. The Hall–Kier alpha value is -1.16. The number of rotatable bonds is 4. The van der Waals surface area contributed by atoms with Gasteiger partial charge in [-0.05, 0) is 45.9 Å².